The second-order valence-electron chi connectivity index (χ2n) is 0.284. The standard InChI is InChI=1S/CH2O3.CHO2.4CH4.2Ca.H2O/c2-1-4-3;2-1-3;;;;;;;/h1,3H;(H,2,3);4*1H4;;;1H2/q;-1;;;;;2*+2;/p-1. The fourth-order valence-electron chi connectivity index (χ4n) is 0. The van der Waals surface area contributed by atoms with E-state index in [-0.39, 0.29) is 119 Å². The summed E-state index contributed by atoms with van der Waals surface area (Å²) in [7, 11) is 0. The molecule has 0 saturated heterocycles. The number of rotatable bonds is 1. The van der Waals surface area contributed by atoms with Crippen LogP contribution in [-0.2, 0) is 14.5 Å². The van der Waals surface area contributed by atoms with Crippen LogP contribution in [0.2, 0.25) is 0 Å². The van der Waals surface area contributed by atoms with Gasteiger partial charge in [0.2, 0.25) is 0 Å². The molecule has 6 nitrogen and oxygen atoms in total. The van der Waals surface area contributed by atoms with Gasteiger partial charge >= 0.3 is 76.9 Å². The van der Waals surface area contributed by atoms with Crippen LogP contribution in [0.4, 0.5) is 0 Å². The normalized spacial score (nSPS) is 2.36. The van der Waals surface area contributed by atoms with Gasteiger partial charge in [0.1, 0.15) is 0 Å². The van der Waals surface area contributed by atoms with Gasteiger partial charge in [-0.05, 0) is 0 Å². The summed E-state index contributed by atoms with van der Waals surface area (Å²) in [6.07, 6.45) is 0. The molecule has 0 bridgehead atoms. The maximum absolute atomic E-state index is 8.64. The molecule has 0 atom stereocenters. The van der Waals surface area contributed by atoms with E-state index in [2.05, 4.69) is 4.89 Å². The van der Waals surface area contributed by atoms with Gasteiger partial charge in [-0.2, -0.15) is 0 Å². The average Bonchev–Trinajstić information content (AvgIpc) is 1.69. The summed E-state index contributed by atoms with van der Waals surface area (Å²) < 4.78 is 0. The van der Waals surface area contributed by atoms with Crippen molar-refractivity contribution in [2.75, 3.05) is 0 Å². The summed E-state index contributed by atoms with van der Waals surface area (Å²) in [6, 6.07) is 0. The fraction of sp³-hybridized carbons (Fsp3) is 0.667. The van der Waals surface area contributed by atoms with Crippen LogP contribution in [0, 0.1) is 0 Å². The van der Waals surface area contributed by atoms with Gasteiger partial charge in [-0.15, -0.1) is 0 Å². The summed E-state index contributed by atoms with van der Waals surface area (Å²) in [5, 5.41) is 15.2. The molecule has 0 aromatic rings. The van der Waals surface area contributed by atoms with E-state index in [1.165, 1.54) is 0 Å². The van der Waals surface area contributed by atoms with Gasteiger partial charge in [0.25, 0.3) is 6.47 Å². The van der Waals surface area contributed by atoms with Gasteiger partial charge in [-0.3, -0.25) is 4.79 Å². The van der Waals surface area contributed by atoms with E-state index in [4.69, 9.17) is 20.0 Å². The Morgan fingerprint density at radius 2 is 1.29 bits per heavy atom. The Hall–Kier alpha value is 1.38. The quantitative estimate of drug-likeness (QED) is 0.231. The van der Waals surface area contributed by atoms with Crippen molar-refractivity contribution in [2.45, 2.75) is 29.7 Å². The predicted octanol–water partition coefficient (Wildman–Crippen LogP) is -0.235. The maximum atomic E-state index is 8.64. The first kappa shape index (κ1) is 78.1. The van der Waals surface area contributed by atoms with E-state index in [1.54, 1.807) is 0 Å². The molecule has 0 saturated carbocycles. The monoisotopic (exact) mass is 268 g/mol. The molecule has 8 heteroatoms. The van der Waals surface area contributed by atoms with Gasteiger partial charge in [0.15, 0.2) is 0 Å². The van der Waals surface area contributed by atoms with Crippen molar-refractivity contribution in [2.24, 2.45) is 0 Å². The summed E-state index contributed by atoms with van der Waals surface area (Å²) in [5.74, 6) is 0. The first-order chi connectivity index (χ1) is 3.33. The molecule has 0 aromatic heterocycles. The van der Waals surface area contributed by atoms with Crippen molar-refractivity contribution < 1.29 is 31.7 Å². The summed E-state index contributed by atoms with van der Waals surface area (Å²) in [6.45, 7) is 0.319. The van der Waals surface area contributed by atoms with Crippen LogP contribution in [0.5, 0.6) is 0 Å². The minimum atomic E-state index is -0.181. The third-order valence-electron chi connectivity index (χ3n) is 0.0393. The number of aliphatic hydroxyl groups excluding tert-OH is 1. The SMILES string of the molecule is C.C.C.C.O=CO[O-].O=[C-]O.[Ca+2].[Ca+2].[H+].[OH-]. The van der Waals surface area contributed by atoms with Crippen LogP contribution in [0.3, 0.4) is 0 Å². The summed E-state index contributed by atoms with van der Waals surface area (Å²) >= 11 is 0. The van der Waals surface area contributed by atoms with Gasteiger partial charge in [0.05, 0.1) is 0 Å². The second-order valence-corrected chi connectivity index (χ2v) is 0.284. The van der Waals surface area contributed by atoms with Crippen LogP contribution >= 0.6 is 0 Å². The zero-order valence-corrected chi connectivity index (χ0v) is 9.44. The Labute approximate surface area is 148 Å². The Kier molecular flexibility index (Phi) is 749. The molecule has 0 aliphatic heterocycles. The van der Waals surface area contributed by atoms with Gasteiger partial charge in [-0.1, -0.05) is 36.2 Å². The first-order valence-corrected chi connectivity index (χ1v) is 1.07. The molecular weight excluding hydrogens is 248 g/mol. The van der Waals surface area contributed by atoms with E-state index in [1.807, 2.05) is 0 Å². The third-order valence-corrected chi connectivity index (χ3v) is 0.0393. The molecular formula is C6H20Ca2O6+2. The molecule has 0 amide bonds. The topological polar surface area (TPSA) is 117 Å². The van der Waals surface area contributed by atoms with Crippen LogP contribution in [-0.4, -0.2) is 99.0 Å². The van der Waals surface area contributed by atoms with E-state index in [9.17, 15) is 0 Å². The van der Waals surface area contributed by atoms with Crippen LogP contribution in [0.1, 0.15) is 31.1 Å². The Morgan fingerprint density at radius 1 is 1.21 bits per heavy atom. The van der Waals surface area contributed by atoms with Crippen molar-refractivity contribution in [3.05, 3.63) is 0 Å². The molecule has 0 rings (SSSR count). The molecule has 0 aliphatic carbocycles. The third kappa shape index (κ3) is 362. The fourth-order valence-corrected chi connectivity index (χ4v) is 0. The molecule has 0 radical (unpaired) electrons. The number of hydrogen-bond donors (Lipinski definition) is 1. The van der Waals surface area contributed by atoms with E-state index < -0.39 is 0 Å². The van der Waals surface area contributed by atoms with Gasteiger partial charge in [0, 0.05) is 0 Å². The number of hydrogen-bond acceptors (Lipinski definition) is 5. The molecule has 14 heavy (non-hydrogen) atoms. The summed E-state index contributed by atoms with van der Waals surface area (Å²) in [5.41, 5.74) is 0. The molecule has 0 fully saturated rings. The minimum Gasteiger partial charge on any atom is -0.870 e. The van der Waals surface area contributed by atoms with Gasteiger partial charge in [-0.25, -0.2) is 0 Å². The molecule has 0 aromatic carbocycles. The summed E-state index contributed by atoms with van der Waals surface area (Å²) in [4.78, 5) is 19.5. The van der Waals surface area contributed by atoms with Crippen molar-refractivity contribution >= 4 is 88.4 Å². The van der Waals surface area contributed by atoms with Crippen molar-refractivity contribution in [1.29, 1.82) is 0 Å². The molecule has 0 aliphatic rings. The average molecular weight is 268 g/mol. The molecule has 0 spiro atoms. The molecule has 0 unspecified atom stereocenters. The Balaban J connectivity index is -0.00000000275. The predicted molar refractivity (Wildman–Crippen MR) is 57.0 cm³/mol. The smallest absolute Gasteiger partial charge is 0.870 e. The molecule has 82 valence electrons. The second kappa shape index (κ2) is 134. The first-order valence-electron chi connectivity index (χ1n) is 1.07. The van der Waals surface area contributed by atoms with Crippen LogP contribution in [0.25, 0.3) is 0 Å². The van der Waals surface area contributed by atoms with Crippen molar-refractivity contribution in [1.82, 2.24) is 0 Å². The minimum absolute atomic E-state index is 0. The molecule has 0 heterocycles. The Morgan fingerprint density at radius 3 is 1.29 bits per heavy atom. The van der Waals surface area contributed by atoms with Crippen molar-refractivity contribution in [3.63, 3.8) is 0 Å². The Bertz CT molecular complexity index is 60.9. The number of carbonyl (C=O) groups is 1. The van der Waals surface area contributed by atoms with Crippen molar-refractivity contribution in [3.8, 4) is 0 Å². The van der Waals surface area contributed by atoms with E-state index >= 15 is 0 Å². The van der Waals surface area contributed by atoms with E-state index in [0.717, 1.165) is 0 Å². The van der Waals surface area contributed by atoms with E-state index in [0.29, 0.717) is 6.47 Å². The molecule has 2 N–H and O–H groups in total. The van der Waals surface area contributed by atoms with Crippen LogP contribution in [0.15, 0.2) is 0 Å². The number of carbonyl (C=O) groups excluding carboxylic acids is 1. The van der Waals surface area contributed by atoms with Gasteiger partial charge < -0.3 is 25.5 Å². The largest absolute Gasteiger partial charge is 2.00 e. The zero-order chi connectivity index (χ0) is 6.12. The maximum Gasteiger partial charge on any atom is 2.00 e. The zero-order valence-electron chi connectivity index (χ0n) is 6.02. The van der Waals surface area contributed by atoms with Crippen LogP contribution < -0.4 is 5.26 Å².